The number of sulfonamides is 1. The maximum absolute atomic E-state index is 12.8. The number of anilines is 1. The molecule has 1 unspecified atom stereocenters. The van der Waals surface area contributed by atoms with Gasteiger partial charge in [-0.15, -0.1) is 0 Å². The van der Waals surface area contributed by atoms with E-state index in [2.05, 4.69) is 9.97 Å². The summed E-state index contributed by atoms with van der Waals surface area (Å²) in [5, 5.41) is -0.380. The Hall–Kier alpha value is -0.780. The largest absolute Gasteiger partial charge is 0.451 e. The SMILES string of the molecule is CN(CC1CN(S(C)(=O)=O)CCS1)c1cc(Cl)nc(C(F)(F)F)n1. The Labute approximate surface area is 147 Å². The highest BCUT2D eigenvalue weighted by molar-refractivity contribution is 8.00. The second-order valence-electron chi connectivity index (χ2n) is 5.36. The van der Waals surface area contributed by atoms with Gasteiger partial charge in [-0.3, -0.25) is 0 Å². The number of aromatic nitrogens is 2. The van der Waals surface area contributed by atoms with E-state index < -0.39 is 22.0 Å². The summed E-state index contributed by atoms with van der Waals surface area (Å²) in [4.78, 5) is 8.21. The zero-order chi connectivity index (χ0) is 18.1. The minimum atomic E-state index is -4.69. The zero-order valence-corrected chi connectivity index (χ0v) is 15.3. The van der Waals surface area contributed by atoms with Crippen molar-refractivity contribution in [2.24, 2.45) is 0 Å². The van der Waals surface area contributed by atoms with Gasteiger partial charge in [0.15, 0.2) is 0 Å². The Morgan fingerprint density at radius 1 is 1.46 bits per heavy atom. The van der Waals surface area contributed by atoms with Gasteiger partial charge in [0.05, 0.1) is 6.26 Å². The van der Waals surface area contributed by atoms with Crippen LogP contribution >= 0.6 is 23.4 Å². The molecule has 1 aliphatic rings. The molecule has 1 aromatic heterocycles. The van der Waals surface area contributed by atoms with Gasteiger partial charge in [0, 0.05) is 43.8 Å². The van der Waals surface area contributed by atoms with E-state index in [0.717, 1.165) is 6.26 Å². The number of halogens is 4. The Kier molecular flexibility index (Phi) is 5.88. The van der Waals surface area contributed by atoms with E-state index in [-0.39, 0.29) is 16.2 Å². The van der Waals surface area contributed by atoms with Gasteiger partial charge >= 0.3 is 6.18 Å². The minimum Gasteiger partial charge on any atom is -0.358 e. The molecule has 0 saturated carbocycles. The van der Waals surface area contributed by atoms with Gasteiger partial charge in [0.2, 0.25) is 15.8 Å². The molecule has 6 nitrogen and oxygen atoms in total. The first-order valence-electron chi connectivity index (χ1n) is 6.86. The Balaban J connectivity index is 2.12. The summed E-state index contributed by atoms with van der Waals surface area (Å²) in [5.41, 5.74) is 0. The van der Waals surface area contributed by atoms with Crippen molar-refractivity contribution >= 4 is 39.2 Å². The summed E-state index contributed by atoms with van der Waals surface area (Å²) in [6.45, 7) is 1.07. The van der Waals surface area contributed by atoms with E-state index in [1.165, 1.54) is 15.3 Å². The maximum Gasteiger partial charge on any atom is 0.451 e. The quantitative estimate of drug-likeness (QED) is 0.715. The summed E-state index contributed by atoms with van der Waals surface area (Å²) in [7, 11) is -1.70. The number of rotatable bonds is 4. The highest BCUT2D eigenvalue weighted by atomic mass is 35.5. The normalized spacial score (nSPS) is 20.2. The minimum absolute atomic E-state index is 0.0411. The van der Waals surface area contributed by atoms with Crippen LogP contribution in [0.15, 0.2) is 6.07 Å². The molecule has 0 bridgehead atoms. The Morgan fingerprint density at radius 2 is 2.12 bits per heavy atom. The second-order valence-corrected chi connectivity index (χ2v) is 9.14. The molecule has 2 heterocycles. The average Bonchev–Trinajstić information content (AvgIpc) is 2.45. The number of alkyl halides is 3. The molecule has 0 aromatic carbocycles. The van der Waals surface area contributed by atoms with E-state index in [1.807, 2.05) is 0 Å². The summed E-state index contributed by atoms with van der Waals surface area (Å²) < 4.78 is 62.9. The van der Waals surface area contributed by atoms with Crippen LogP contribution in [0.1, 0.15) is 5.82 Å². The molecule has 1 saturated heterocycles. The van der Waals surface area contributed by atoms with Crippen molar-refractivity contribution in [3.05, 3.63) is 17.0 Å². The first-order valence-corrected chi connectivity index (χ1v) is 10.1. The molecule has 1 atom stereocenters. The molecular weight excluding hydrogens is 389 g/mol. The molecule has 1 fully saturated rings. The van der Waals surface area contributed by atoms with Crippen LogP contribution in [0, 0.1) is 0 Å². The third kappa shape index (κ3) is 5.11. The third-order valence-corrected chi connectivity index (χ3v) is 6.03. The molecule has 1 aliphatic heterocycles. The second kappa shape index (κ2) is 7.22. The van der Waals surface area contributed by atoms with Crippen LogP contribution < -0.4 is 4.90 Å². The number of hydrogen-bond acceptors (Lipinski definition) is 6. The van der Waals surface area contributed by atoms with Crippen LogP contribution in [-0.2, 0) is 16.2 Å². The molecule has 136 valence electrons. The summed E-state index contributed by atoms with van der Waals surface area (Å²) in [6.07, 6.45) is -3.54. The van der Waals surface area contributed by atoms with Crippen LogP contribution in [-0.4, -0.2) is 66.6 Å². The van der Waals surface area contributed by atoms with Crippen molar-refractivity contribution in [3.8, 4) is 0 Å². The van der Waals surface area contributed by atoms with E-state index in [0.29, 0.717) is 25.4 Å². The van der Waals surface area contributed by atoms with Crippen molar-refractivity contribution in [2.45, 2.75) is 11.4 Å². The average molecular weight is 405 g/mol. The van der Waals surface area contributed by atoms with Crippen molar-refractivity contribution in [1.29, 1.82) is 0 Å². The van der Waals surface area contributed by atoms with E-state index in [1.54, 1.807) is 18.8 Å². The van der Waals surface area contributed by atoms with Crippen molar-refractivity contribution in [2.75, 3.05) is 43.6 Å². The first kappa shape index (κ1) is 19.5. The monoisotopic (exact) mass is 404 g/mol. The third-order valence-electron chi connectivity index (χ3n) is 3.37. The fourth-order valence-electron chi connectivity index (χ4n) is 2.23. The van der Waals surface area contributed by atoms with Crippen LogP contribution in [0.3, 0.4) is 0 Å². The molecular formula is C12H16ClF3N4O2S2. The Morgan fingerprint density at radius 3 is 2.71 bits per heavy atom. The number of nitrogens with zero attached hydrogens (tertiary/aromatic N) is 4. The highest BCUT2D eigenvalue weighted by Crippen LogP contribution is 2.29. The summed E-state index contributed by atoms with van der Waals surface area (Å²) >= 11 is 7.23. The van der Waals surface area contributed by atoms with Crippen LogP contribution in [0.4, 0.5) is 19.0 Å². The molecule has 2 rings (SSSR count). The molecule has 0 amide bonds. The molecule has 0 aliphatic carbocycles. The zero-order valence-electron chi connectivity index (χ0n) is 12.9. The fraction of sp³-hybridized carbons (Fsp3) is 0.667. The van der Waals surface area contributed by atoms with Crippen LogP contribution in [0.5, 0.6) is 0 Å². The van der Waals surface area contributed by atoms with Crippen LogP contribution in [0.2, 0.25) is 5.15 Å². The van der Waals surface area contributed by atoms with Gasteiger partial charge in [-0.1, -0.05) is 11.6 Å². The molecule has 1 aromatic rings. The number of thioether (sulfide) groups is 1. The summed E-state index contributed by atoms with van der Waals surface area (Å²) in [5.74, 6) is -0.630. The summed E-state index contributed by atoms with van der Waals surface area (Å²) in [6, 6.07) is 1.25. The topological polar surface area (TPSA) is 66.4 Å². The van der Waals surface area contributed by atoms with E-state index >= 15 is 0 Å². The lowest BCUT2D eigenvalue weighted by molar-refractivity contribution is -0.144. The highest BCUT2D eigenvalue weighted by Gasteiger charge is 2.36. The molecule has 0 N–H and O–H groups in total. The van der Waals surface area contributed by atoms with Crippen molar-refractivity contribution in [3.63, 3.8) is 0 Å². The van der Waals surface area contributed by atoms with Gasteiger partial charge in [-0.2, -0.15) is 24.9 Å². The lowest BCUT2D eigenvalue weighted by atomic mass is 10.3. The maximum atomic E-state index is 12.8. The fourth-order valence-corrected chi connectivity index (χ4v) is 4.77. The van der Waals surface area contributed by atoms with Crippen LogP contribution in [0.25, 0.3) is 0 Å². The molecule has 12 heteroatoms. The predicted octanol–water partition coefficient (Wildman–Crippen LogP) is 1.96. The Bertz CT molecular complexity index is 702. The molecule has 0 radical (unpaired) electrons. The first-order chi connectivity index (χ1) is 11.0. The standard InChI is InChI=1S/C12H16ClF3N4O2S2/c1-19(6-8-7-20(3-4-23-8)24(2,21)22)10-5-9(13)17-11(18-10)12(14,15)16/h5,8H,3-4,6-7H2,1-2H3. The van der Waals surface area contributed by atoms with E-state index in [9.17, 15) is 21.6 Å². The smallest absolute Gasteiger partial charge is 0.358 e. The van der Waals surface area contributed by atoms with Gasteiger partial charge in [0.25, 0.3) is 0 Å². The van der Waals surface area contributed by atoms with Gasteiger partial charge in [-0.05, 0) is 0 Å². The molecule has 0 spiro atoms. The van der Waals surface area contributed by atoms with Gasteiger partial charge in [-0.25, -0.2) is 22.7 Å². The lowest BCUT2D eigenvalue weighted by Gasteiger charge is -2.33. The molecule has 24 heavy (non-hydrogen) atoms. The van der Waals surface area contributed by atoms with Crippen molar-refractivity contribution < 1.29 is 21.6 Å². The van der Waals surface area contributed by atoms with Gasteiger partial charge in [0.1, 0.15) is 11.0 Å². The predicted molar refractivity (Wildman–Crippen MR) is 88.0 cm³/mol. The van der Waals surface area contributed by atoms with Crippen molar-refractivity contribution in [1.82, 2.24) is 14.3 Å². The van der Waals surface area contributed by atoms with Gasteiger partial charge < -0.3 is 4.90 Å². The number of hydrogen-bond donors (Lipinski definition) is 0. The lowest BCUT2D eigenvalue weighted by Crippen LogP contribution is -2.45. The van der Waals surface area contributed by atoms with E-state index in [4.69, 9.17) is 11.6 Å².